The molecule has 0 amide bonds. The fraction of sp³-hybridized carbons (Fsp3) is 0.429. The predicted octanol–water partition coefficient (Wildman–Crippen LogP) is 1.58. The average molecular weight is 274 g/mol. The molecule has 6 heteroatoms. The highest BCUT2D eigenvalue weighted by molar-refractivity contribution is 5.13. The third kappa shape index (κ3) is 3.41. The zero-order valence-electron chi connectivity index (χ0n) is 11.2. The van der Waals surface area contributed by atoms with Crippen LogP contribution in [0.15, 0.2) is 41.2 Å². The van der Waals surface area contributed by atoms with E-state index < -0.39 is 0 Å². The third-order valence-electron chi connectivity index (χ3n) is 3.44. The first-order valence-corrected chi connectivity index (χ1v) is 6.83. The van der Waals surface area contributed by atoms with Gasteiger partial charge in [0.05, 0.1) is 12.6 Å². The normalized spacial score (nSPS) is 22.8. The molecule has 2 atom stereocenters. The Balaban J connectivity index is 1.39. The molecule has 3 rings (SSSR count). The molecule has 0 saturated carbocycles. The number of aromatic nitrogens is 2. The van der Waals surface area contributed by atoms with Gasteiger partial charge in [0.2, 0.25) is 6.39 Å². The summed E-state index contributed by atoms with van der Waals surface area (Å²) in [5, 5.41) is 7.26. The summed E-state index contributed by atoms with van der Waals surface area (Å²) < 4.78 is 4.77. The zero-order chi connectivity index (χ0) is 13.6. The van der Waals surface area contributed by atoms with Gasteiger partial charge in [-0.05, 0) is 18.4 Å². The van der Waals surface area contributed by atoms with Crippen LogP contribution < -0.4 is 10.8 Å². The third-order valence-corrected chi connectivity index (χ3v) is 3.44. The van der Waals surface area contributed by atoms with Crippen molar-refractivity contribution in [3.8, 4) is 0 Å². The van der Waals surface area contributed by atoms with Gasteiger partial charge in [-0.25, -0.2) is 0 Å². The summed E-state index contributed by atoms with van der Waals surface area (Å²) in [5.74, 6) is 0.730. The molecule has 1 aromatic carbocycles. The molecule has 6 nitrogen and oxygen atoms in total. The van der Waals surface area contributed by atoms with Crippen molar-refractivity contribution >= 4 is 0 Å². The second-order valence-corrected chi connectivity index (χ2v) is 4.92. The molecule has 2 heterocycles. The molecule has 1 saturated heterocycles. The van der Waals surface area contributed by atoms with Crippen molar-refractivity contribution in [2.75, 3.05) is 6.54 Å². The first-order chi connectivity index (χ1) is 9.92. The van der Waals surface area contributed by atoms with E-state index in [2.05, 4.69) is 20.9 Å². The van der Waals surface area contributed by atoms with E-state index in [9.17, 15) is 0 Å². The average Bonchev–Trinajstić information content (AvgIpc) is 3.03. The molecule has 1 aromatic heterocycles. The summed E-state index contributed by atoms with van der Waals surface area (Å²) in [6.07, 6.45) is 3.34. The molecule has 2 N–H and O–H groups in total. The van der Waals surface area contributed by atoms with E-state index in [1.165, 1.54) is 6.39 Å². The number of rotatable bonds is 5. The quantitative estimate of drug-likeness (QED) is 0.807. The van der Waals surface area contributed by atoms with Crippen LogP contribution >= 0.6 is 0 Å². The van der Waals surface area contributed by atoms with Crippen LogP contribution in [-0.4, -0.2) is 22.7 Å². The molecule has 0 radical (unpaired) electrons. The Morgan fingerprint density at radius 1 is 1.30 bits per heavy atom. The van der Waals surface area contributed by atoms with Crippen molar-refractivity contribution in [1.82, 2.24) is 20.9 Å². The molecule has 0 spiro atoms. The Morgan fingerprint density at radius 3 is 2.90 bits per heavy atom. The molecular weight excluding hydrogens is 256 g/mol. The lowest BCUT2D eigenvalue weighted by Crippen LogP contribution is -2.44. The molecule has 1 aliphatic heterocycles. The van der Waals surface area contributed by atoms with E-state index in [1.807, 2.05) is 30.3 Å². The van der Waals surface area contributed by atoms with E-state index in [0.717, 1.165) is 30.8 Å². The van der Waals surface area contributed by atoms with Gasteiger partial charge in [0.1, 0.15) is 0 Å². The van der Waals surface area contributed by atoms with Crippen LogP contribution in [0.3, 0.4) is 0 Å². The maximum absolute atomic E-state index is 5.55. The maximum atomic E-state index is 5.55. The summed E-state index contributed by atoms with van der Waals surface area (Å²) in [7, 11) is 0. The SMILES string of the molecule is c1ccc(CON[C@@H]2CC[C@@H](c3ncon3)NC2)cc1. The Bertz CT molecular complexity index is 495. The van der Waals surface area contributed by atoms with Gasteiger partial charge in [0.25, 0.3) is 0 Å². The van der Waals surface area contributed by atoms with E-state index in [1.54, 1.807) is 0 Å². The van der Waals surface area contributed by atoms with Crippen LogP contribution in [0.1, 0.15) is 30.3 Å². The van der Waals surface area contributed by atoms with Crippen molar-refractivity contribution in [2.24, 2.45) is 0 Å². The number of hydrogen-bond donors (Lipinski definition) is 2. The Morgan fingerprint density at radius 2 is 2.20 bits per heavy atom. The first kappa shape index (κ1) is 13.2. The largest absolute Gasteiger partial charge is 0.343 e. The van der Waals surface area contributed by atoms with Gasteiger partial charge in [-0.2, -0.15) is 10.5 Å². The van der Waals surface area contributed by atoms with Gasteiger partial charge in [-0.3, -0.25) is 4.84 Å². The number of piperidine rings is 1. The maximum Gasteiger partial charge on any atom is 0.213 e. The van der Waals surface area contributed by atoms with E-state index >= 15 is 0 Å². The van der Waals surface area contributed by atoms with Crippen LogP contribution in [0.2, 0.25) is 0 Å². The van der Waals surface area contributed by atoms with Gasteiger partial charge in [0.15, 0.2) is 5.82 Å². The fourth-order valence-electron chi connectivity index (χ4n) is 2.33. The summed E-state index contributed by atoms with van der Waals surface area (Å²) in [6, 6.07) is 10.6. The molecule has 0 unspecified atom stereocenters. The lowest BCUT2D eigenvalue weighted by Gasteiger charge is -2.28. The van der Waals surface area contributed by atoms with Crippen molar-refractivity contribution in [3.63, 3.8) is 0 Å². The van der Waals surface area contributed by atoms with E-state index in [-0.39, 0.29) is 6.04 Å². The summed E-state index contributed by atoms with van der Waals surface area (Å²) in [4.78, 5) is 9.62. The van der Waals surface area contributed by atoms with Crippen molar-refractivity contribution in [2.45, 2.75) is 31.5 Å². The Hall–Kier alpha value is -1.76. The molecule has 1 fully saturated rings. The van der Waals surface area contributed by atoms with Crippen molar-refractivity contribution in [3.05, 3.63) is 48.1 Å². The minimum Gasteiger partial charge on any atom is -0.343 e. The number of nitrogens with zero attached hydrogens (tertiary/aromatic N) is 2. The summed E-state index contributed by atoms with van der Waals surface area (Å²) in [6.45, 7) is 1.40. The van der Waals surface area contributed by atoms with Crippen LogP contribution in [0.4, 0.5) is 0 Å². The minimum atomic E-state index is 0.181. The highest BCUT2D eigenvalue weighted by Crippen LogP contribution is 2.19. The Kier molecular flexibility index (Phi) is 4.37. The van der Waals surface area contributed by atoms with Gasteiger partial charge < -0.3 is 9.84 Å². The number of benzene rings is 1. The van der Waals surface area contributed by atoms with Gasteiger partial charge in [0, 0.05) is 12.6 Å². The summed E-state index contributed by atoms with van der Waals surface area (Å²) in [5.41, 5.74) is 4.27. The summed E-state index contributed by atoms with van der Waals surface area (Å²) >= 11 is 0. The molecule has 1 aliphatic rings. The van der Waals surface area contributed by atoms with E-state index in [0.29, 0.717) is 12.6 Å². The topological polar surface area (TPSA) is 72.2 Å². The van der Waals surface area contributed by atoms with Crippen LogP contribution in [0.5, 0.6) is 0 Å². The molecule has 106 valence electrons. The standard InChI is InChI=1S/C14H18N4O2/c1-2-4-11(5-3-1)9-19-17-12-6-7-13(15-8-12)14-16-10-20-18-14/h1-5,10,12-13,15,17H,6-9H2/t12-,13+/m1/s1. The zero-order valence-corrected chi connectivity index (χ0v) is 11.2. The van der Waals surface area contributed by atoms with Gasteiger partial charge in [-0.15, -0.1) is 0 Å². The second kappa shape index (κ2) is 6.60. The number of nitrogens with one attached hydrogen (secondary N) is 2. The molecular formula is C14H18N4O2. The first-order valence-electron chi connectivity index (χ1n) is 6.83. The van der Waals surface area contributed by atoms with E-state index in [4.69, 9.17) is 9.36 Å². The van der Waals surface area contributed by atoms with Crippen LogP contribution in [0.25, 0.3) is 0 Å². The molecule has 2 aromatic rings. The fourth-order valence-corrected chi connectivity index (χ4v) is 2.33. The van der Waals surface area contributed by atoms with Crippen LogP contribution in [-0.2, 0) is 11.4 Å². The Labute approximate surface area is 117 Å². The lowest BCUT2D eigenvalue weighted by atomic mass is 10.0. The second-order valence-electron chi connectivity index (χ2n) is 4.92. The minimum absolute atomic E-state index is 0.181. The molecule has 0 bridgehead atoms. The highest BCUT2D eigenvalue weighted by atomic mass is 16.6. The predicted molar refractivity (Wildman–Crippen MR) is 72.4 cm³/mol. The smallest absolute Gasteiger partial charge is 0.213 e. The van der Waals surface area contributed by atoms with Gasteiger partial charge in [-0.1, -0.05) is 35.5 Å². The van der Waals surface area contributed by atoms with Gasteiger partial charge >= 0.3 is 0 Å². The molecule has 0 aliphatic carbocycles. The number of hydrogen-bond acceptors (Lipinski definition) is 6. The molecule has 20 heavy (non-hydrogen) atoms. The highest BCUT2D eigenvalue weighted by Gasteiger charge is 2.24. The van der Waals surface area contributed by atoms with Crippen molar-refractivity contribution < 1.29 is 9.36 Å². The lowest BCUT2D eigenvalue weighted by molar-refractivity contribution is -0.00418. The number of hydroxylamine groups is 1. The van der Waals surface area contributed by atoms with Crippen molar-refractivity contribution in [1.29, 1.82) is 0 Å². The van der Waals surface area contributed by atoms with Crippen LogP contribution in [0, 0.1) is 0 Å². The monoisotopic (exact) mass is 274 g/mol.